The molecule has 0 heterocycles. The Labute approximate surface area is 146 Å². The number of hydrogen-bond acceptors (Lipinski definition) is 3. The van der Waals surface area contributed by atoms with Crippen molar-refractivity contribution in [3.8, 4) is 5.75 Å². The molecule has 2 rings (SSSR count). The van der Waals surface area contributed by atoms with Gasteiger partial charge in [-0.05, 0) is 49.9 Å². The van der Waals surface area contributed by atoms with E-state index in [1.807, 2.05) is 43.1 Å². The smallest absolute Gasteiger partial charge is 0.238 e. The van der Waals surface area contributed by atoms with Crippen molar-refractivity contribution in [1.29, 1.82) is 0 Å². The van der Waals surface area contributed by atoms with E-state index >= 15 is 0 Å². The molecule has 6 heteroatoms. The maximum atomic E-state index is 13.0. The fourth-order valence-corrected chi connectivity index (χ4v) is 2.47. The predicted molar refractivity (Wildman–Crippen MR) is 94.0 cm³/mol. The number of ether oxygens (including phenoxy) is 1. The third-order valence-corrected chi connectivity index (χ3v) is 3.62. The van der Waals surface area contributed by atoms with Crippen LogP contribution in [0, 0.1) is 5.82 Å². The summed E-state index contributed by atoms with van der Waals surface area (Å²) in [4.78, 5) is 13.9. The molecule has 0 aliphatic carbocycles. The van der Waals surface area contributed by atoms with Gasteiger partial charge in [-0.3, -0.25) is 9.69 Å². The van der Waals surface area contributed by atoms with Crippen LogP contribution in [0.2, 0.25) is 5.02 Å². The summed E-state index contributed by atoms with van der Waals surface area (Å²) in [5.74, 6) is 0.176. The molecule has 0 bridgehead atoms. The second-order valence-electron chi connectivity index (χ2n) is 5.42. The minimum Gasteiger partial charge on any atom is -0.494 e. The molecule has 1 N–H and O–H groups in total. The summed E-state index contributed by atoms with van der Waals surface area (Å²) < 4.78 is 18.4. The molecule has 0 saturated heterocycles. The Morgan fingerprint density at radius 3 is 2.58 bits per heavy atom. The quantitative estimate of drug-likeness (QED) is 0.822. The summed E-state index contributed by atoms with van der Waals surface area (Å²) in [5, 5.41) is 2.86. The maximum absolute atomic E-state index is 13.0. The number of likely N-dealkylation sites (N-methyl/N-ethyl adjacent to an activating group) is 1. The Kier molecular flexibility index (Phi) is 6.58. The molecule has 0 aliphatic rings. The molecule has 0 saturated carbocycles. The first-order valence-corrected chi connectivity index (χ1v) is 8.01. The zero-order chi connectivity index (χ0) is 17.5. The Hall–Kier alpha value is -2.11. The van der Waals surface area contributed by atoms with Gasteiger partial charge in [-0.2, -0.15) is 0 Å². The van der Waals surface area contributed by atoms with Gasteiger partial charge >= 0.3 is 0 Å². The van der Waals surface area contributed by atoms with Gasteiger partial charge in [0.2, 0.25) is 5.91 Å². The van der Waals surface area contributed by atoms with Gasteiger partial charge < -0.3 is 10.1 Å². The second kappa shape index (κ2) is 8.66. The number of amides is 1. The highest BCUT2D eigenvalue weighted by Crippen LogP contribution is 2.22. The number of anilines is 1. The lowest BCUT2D eigenvalue weighted by molar-refractivity contribution is -0.117. The molecule has 0 atom stereocenters. The third kappa shape index (κ3) is 5.51. The molecule has 2 aromatic rings. The van der Waals surface area contributed by atoms with Crippen molar-refractivity contribution < 1.29 is 13.9 Å². The number of hydrogen-bond donors (Lipinski definition) is 1. The molecule has 4 nitrogen and oxygen atoms in total. The number of carbonyl (C=O) groups excluding carboxylic acids is 1. The van der Waals surface area contributed by atoms with Gasteiger partial charge in [-0.25, -0.2) is 4.39 Å². The van der Waals surface area contributed by atoms with Gasteiger partial charge in [0.05, 0.1) is 23.9 Å². The zero-order valence-electron chi connectivity index (χ0n) is 13.7. The van der Waals surface area contributed by atoms with Crippen molar-refractivity contribution in [2.75, 3.05) is 25.5 Å². The maximum Gasteiger partial charge on any atom is 0.238 e. The summed E-state index contributed by atoms with van der Waals surface area (Å²) in [6, 6.07) is 11.6. The van der Waals surface area contributed by atoms with Crippen LogP contribution in [0.25, 0.3) is 0 Å². The van der Waals surface area contributed by atoms with Crippen LogP contribution in [0.1, 0.15) is 12.5 Å². The van der Waals surface area contributed by atoms with E-state index in [1.54, 1.807) is 0 Å². The number of halogens is 2. The van der Waals surface area contributed by atoms with Gasteiger partial charge in [0.25, 0.3) is 0 Å². The van der Waals surface area contributed by atoms with Gasteiger partial charge in [0.1, 0.15) is 11.6 Å². The topological polar surface area (TPSA) is 41.6 Å². The molecule has 0 radical (unpaired) electrons. The first-order valence-electron chi connectivity index (χ1n) is 7.63. The second-order valence-corrected chi connectivity index (χ2v) is 5.83. The fraction of sp³-hybridized carbons (Fsp3) is 0.278. The third-order valence-electron chi connectivity index (χ3n) is 3.31. The molecule has 0 unspecified atom stereocenters. The summed E-state index contributed by atoms with van der Waals surface area (Å²) >= 11 is 5.90. The standard InChI is InChI=1S/C18H20ClFN2O2/c1-3-24-15-7-4-13(5-8-15)11-22(2)12-18(23)21-17-9-6-14(20)10-16(17)19/h4-10H,3,11-12H2,1-2H3,(H,21,23). The Balaban J connectivity index is 1.86. The van der Waals surface area contributed by atoms with Gasteiger partial charge in [0.15, 0.2) is 0 Å². The lowest BCUT2D eigenvalue weighted by Crippen LogP contribution is -2.29. The summed E-state index contributed by atoms with van der Waals surface area (Å²) in [6.07, 6.45) is 0. The Morgan fingerprint density at radius 1 is 1.25 bits per heavy atom. The normalized spacial score (nSPS) is 10.7. The molecule has 0 aromatic heterocycles. The SMILES string of the molecule is CCOc1ccc(CN(C)CC(=O)Nc2ccc(F)cc2Cl)cc1. The molecule has 0 fully saturated rings. The van der Waals surface area contributed by atoms with Crippen LogP contribution in [-0.4, -0.2) is 31.0 Å². The zero-order valence-corrected chi connectivity index (χ0v) is 14.4. The van der Waals surface area contributed by atoms with Crippen LogP contribution in [0.3, 0.4) is 0 Å². The lowest BCUT2D eigenvalue weighted by Gasteiger charge is -2.17. The van der Waals surface area contributed by atoms with Crippen molar-refractivity contribution in [2.45, 2.75) is 13.5 Å². The number of carbonyl (C=O) groups is 1. The molecule has 0 aliphatic heterocycles. The first kappa shape index (κ1) is 18.2. The van der Waals surface area contributed by atoms with E-state index in [9.17, 15) is 9.18 Å². The van der Waals surface area contributed by atoms with Gasteiger partial charge in [0, 0.05) is 6.54 Å². The molecular formula is C18H20ClFN2O2. The van der Waals surface area contributed by atoms with E-state index in [-0.39, 0.29) is 17.5 Å². The van der Waals surface area contributed by atoms with Crippen molar-refractivity contribution in [1.82, 2.24) is 4.90 Å². The van der Waals surface area contributed by atoms with Crippen LogP contribution >= 0.6 is 11.6 Å². The Morgan fingerprint density at radius 2 is 1.96 bits per heavy atom. The van der Waals surface area contributed by atoms with Crippen LogP contribution in [-0.2, 0) is 11.3 Å². The highest BCUT2D eigenvalue weighted by atomic mass is 35.5. The van der Waals surface area contributed by atoms with Crippen molar-refractivity contribution >= 4 is 23.2 Å². The minimum absolute atomic E-state index is 0.178. The lowest BCUT2D eigenvalue weighted by atomic mass is 10.2. The number of benzene rings is 2. The van der Waals surface area contributed by atoms with E-state index < -0.39 is 5.82 Å². The van der Waals surface area contributed by atoms with E-state index in [0.717, 1.165) is 11.3 Å². The highest BCUT2D eigenvalue weighted by molar-refractivity contribution is 6.33. The Bertz CT molecular complexity index is 692. The summed E-state index contributed by atoms with van der Waals surface area (Å²) in [5.41, 5.74) is 1.48. The van der Waals surface area contributed by atoms with Gasteiger partial charge in [-0.15, -0.1) is 0 Å². The van der Waals surface area contributed by atoms with Crippen molar-refractivity contribution in [3.05, 3.63) is 58.9 Å². The molecule has 1 amide bonds. The highest BCUT2D eigenvalue weighted by Gasteiger charge is 2.10. The first-order chi connectivity index (χ1) is 11.5. The monoisotopic (exact) mass is 350 g/mol. The fourth-order valence-electron chi connectivity index (χ4n) is 2.25. The molecule has 24 heavy (non-hydrogen) atoms. The molecule has 2 aromatic carbocycles. The van der Waals surface area contributed by atoms with Crippen LogP contribution in [0.4, 0.5) is 10.1 Å². The van der Waals surface area contributed by atoms with Crippen molar-refractivity contribution in [2.24, 2.45) is 0 Å². The molecular weight excluding hydrogens is 331 g/mol. The molecule has 0 spiro atoms. The van der Waals surface area contributed by atoms with Crippen molar-refractivity contribution in [3.63, 3.8) is 0 Å². The van der Waals surface area contributed by atoms with E-state index in [4.69, 9.17) is 16.3 Å². The summed E-state index contributed by atoms with van der Waals surface area (Å²) in [6.45, 7) is 3.39. The van der Waals surface area contributed by atoms with Crippen LogP contribution in [0.5, 0.6) is 5.75 Å². The largest absolute Gasteiger partial charge is 0.494 e. The number of nitrogens with one attached hydrogen (secondary N) is 1. The van der Waals surface area contributed by atoms with E-state index in [0.29, 0.717) is 18.8 Å². The number of nitrogens with zero attached hydrogens (tertiary/aromatic N) is 1. The van der Waals surface area contributed by atoms with Crippen LogP contribution < -0.4 is 10.1 Å². The minimum atomic E-state index is -0.439. The average molecular weight is 351 g/mol. The van der Waals surface area contributed by atoms with Crippen LogP contribution in [0.15, 0.2) is 42.5 Å². The molecule has 128 valence electrons. The van der Waals surface area contributed by atoms with E-state index in [2.05, 4.69) is 5.32 Å². The predicted octanol–water partition coefficient (Wildman–Crippen LogP) is 3.95. The summed E-state index contributed by atoms with van der Waals surface area (Å²) in [7, 11) is 1.85. The van der Waals surface area contributed by atoms with E-state index in [1.165, 1.54) is 18.2 Å². The number of rotatable bonds is 7. The average Bonchev–Trinajstić information content (AvgIpc) is 2.52. The van der Waals surface area contributed by atoms with Gasteiger partial charge in [-0.1, -0.05) is 23.7 Å².